The van der Waals surface area contributed by atoms with Crippen molar-refractivity contribution >= 4 is 27.2 Å². The van der Waals surface area contributed by atoms with E-state index in [1.807, 2.05) is 6.92 Å². The first-order valence-corrected chi connectivity index (χ1v) is 14.2. The van der Waals surface area contributed by atoms with Crippen LogP contribution in [0.15, 0.2) is 12.4 Å². The Morgan fingerprint density at radius 2 is 2.00 bits per heavy atom. The van der Waals surface area contributed by atoms with Gasteiger partial charge >= 0.3 is 5.97 Å². The van der Waals surface area contributed by atoms with Crippen LogP contribution in [0.1, 0.15) is 43.4 Å². The smallest absolute Gasteiger partial charge is 0.306 e. The molecule has 1 fully saturated rings. The van der Waals surface area contributed by atoms with E-state index in [4.69, 9.17) is 19.4 Å². The Bertz CT molecular complexity index is 870. The highest BCUT2D eigenvalue weighted by atomic mass is 32.3. The molecule has 0 atom stereocenters. The van der Waals surface area contributed by atoms with Crippen LogP contribution in [-0.2, 0) is 27.4 Å². The molecule has 8 heteroatoms. The molecule has 0 aliphatic carbocycles. The summed E-state index contributed by atoms with van der Waals surface area (Å²) in [6.45, 7) is 5.67. The average Bonchev–Trinajstić information content (AvgIpc) is 3.08. The highest BCUT2D eigenvalue weighted by Gasteiger charge is 2.24. The lowest BCUT2D eigenvalue weighted by Gasteiger charge is -2.28. The molecule has 0 saturated carbocycles. The van der Waals surface area contributed by atoms with Crippen LogP contribution in [-0.4, -0.2) is 83.3 Å². The Balaban J connectivity index is 1.80. The van der Waals surface area contributed by atoms with Gasteiger partial charge in [-0.05, 0) is 64.6 Å². The van der Waals surface area contributed by atoms with Crippen molar-refractivity contribution in [2.75, 3.05) is 57.9 Å². The van der Waals surface area contributed by atoms with Crippen molar-refractivity contribution in [1.29, 1.82) is 0 Å². The summed E-state index contributed by atoms with van der Waals surface area (Å²) in [4.78, 5) is 23.8. The van der Waals surface area contributed by atoms with E-state index in [-0.39, 0.29) is 5.97 Å². The van der Waals surface area contributed by atoms with Crippen LogP contribution in [0.3, 0.4) is 0 Å². The van der Waals surface area contributed by atoms with Crippen LogP contribution < -0.4 is 0 Å². The number of hydrogen-bond acceptors (Lipinski definition) is 6. The van der Waals surface area contributed by atoms with Gasteiger partial charge in [-0.2, -0.15) is 0 Å². The molecule has 3 heterocycles. The van der Waals surface area contributed by atoms with Gasteiger partial charge in [0.2, 0.25) is 0 Å². The van der Waals surface area contributed by atoms with Crippen molar-refractivity contribution in [3.05, 3.63) is 23.7 Å². The highest BCUT2D eigenvalue weighted by Crippen LogP contribution is 2.34. The highest BCUT2D eigenvalue weighted by molar-refractivity contribution is 8.32. The lowest BCUT2D eigenvalue weighted by molar-refractivity contribution is -0.143. The summed E-state index contributed by atoms with van der Waals surface area (Å²) < 4.78 is 13.2. The van der Waals surface area contributed by atoms with Crippen LogP contribution in [0, 0.1) is 0 Å². The number of nitrogens with zero attached hydrogens (tertiary/aromatic N) is 4. The molecule has 0 radical (unpaired) electrons. The number of likely N-dealkylation sites (tertiary alicyclic amines) is 1. The number of aryl methyl sites for hydroxylation is 1. The van der Waals surface area contributed by atoms with Gasteiger partial charge in [-0.1, -0.05) is 0 Å². The largest absolute Gasteiger partial charge is 0.466 e. The Morgan fingerprint density at radius 3 is 2.68 bits per heavy atom. The Labute approximate surface area is 187 Å². The van der Waals surface area contributed by atoms with Gasteiger partial charge < -0.3 is 18.9 Å². The molecule has 0 bridgehead atoms. The van der Waals surface area contributed by atoms with Gasteiger partial charge in [0.15, 0.2) is 5.65 Å². The number of piperidine rings is 1. The van der Waals surface area contributed by atoms with E-state index in [0.717, 1.165) is 55.1 Å². The molecule has 7 nitrogen and oxygen atoms in total. The third-order valence-electron chi connectivity index (χ3n) is 5.76. The molecule has 0 aromatic carbocycles. The molecule has 0 N–H and O–H groups in total. The molecule has 1 saturated heterocycles. The fourth-order valence-corrected chi connectivity index (χ4v) is 4.50. The number of fused-ring (bicyclic) bond motifs is 1. The predicted octanol–water partition coefficient (Wildman–Crippen LogP) is 3.40. The molecule has 1 aliphatic rings. The second-order valence-electron chi connectivity index (χ2n) is 9.30. The summed E-state index contributed by atoms with van der Waals surface area (Å²) in [6.07, 6.45) is 14.0. The van der Waals surface area contributed by atoms with E-state index in [0.29, 0.717) is 32.1 Å². The first kappa shape index (κ1) is 24.0. The minimum atomic E-state index is -0.566. The maximum absolute atomic E-state index is 11.8. The van der Waals surface area contributed by atoms with Gasteiger partial charge in [-0.15, -0.1) is 0 Å². The number of esters is 1. The molecular weight excluding hydrogens is 412 g/mol. The zero-order valence-electron chi connectivity index (χ0n) is 19.7. The first-order chi connectivity index (χ1) is 14.8. The molecule has 2 aromatic heterocycles. The number of ether oxygens (including phenoxy) is 2. The molecule has 1 aliphatic heterocycles. The van der Waals surface area contributed by atoms with Crippen LogP contribution in [0.5, 0.6) is 0 Å². The topological polar surface area (TPSA) is 69.5 Å². The Hall–Kier alpha value is -1.64. The SMILES string of the molecule is CCOC(=O)CCc1cnc2c(n1)c(C1CCN(C)CC1)cn2COCCS(C)(C)C. The number of aromatic nitrogens is 3. The molecule has 174 valence electrons. The van der Waals surface area contributed by atoms with Gasteiger partial charge in [-0.3, -0.25) is 4.79 Å². The lowest BCUT2D eigenvalue weighted by atomic mass is 9.91. The number of hydrogen-bond donors (Lipinski definition) is 0. The molecule has 2 aromatic rings. The zero-order chi connectivity index (χ0) is 22.4. The van der Waals surface area contributed by atoms with E-state index in [1.54, 1.807) is 6.20 Å². The third kappa shape index (κ3) is 6.92. The van der Waals surface area contributed by atoms with E-state index in [1.165, 1.54) is 5.56 Å². The summed E-state index contributed by atoms with van der Waals surface area (Å²) in [6, 6.07) is 0. The summed E-state index contributed by atoms with van der Waals surface area (Å²) in [7, 11) is 1.61. The first-order valence-electron chi connectivity index (χ1n) is 11.2. The molecule has 3 rings (SSSR count). The van der Waals surface area contributed by atoms with Crippen molar-refractivity contribution in [2.45, 2.75) is 45.3 Å². The van der Waals surface area contributed by atoms with Crippen molar-refractivity contribution in [1.82, 2.24) is 19.4 Å². The molecular formula is C23H38N4O3S. The second kappa shape index (κ2) is 10.8. The molecule has 0 unspecified atom stereocenters. The molecule has 31 heavy (non-hydrogen) atoms. The van der Waals surface area contributed by atoms with Gasteiger partial charge in [0.25, 0.3) is 0 Å². The summed E-state index contributed by atoms with van der Waals surface area (Å²) in [5, 5.41) is 0. The standard InChI is InChI=1S/C23H38N4O3S/c1-6-30-21(28)8-7-19-15-24-23-22(25-19)20(18-9-11-26(2)12-10-18)16-27(23)17-29-13-14-31(3,4)5/h15-16,18H,6-14,17H2,1-5H3. The monoisotopic (exact) mass is 450 g/mol. The van der Waals surface area contributed by atoms with Crippen molar-refractivity contribution in [3.63, 3.8) is 0 Å². The average molecular weight is 451 g/mol. The van der Waals surface area contributed by atoms with Crippen LogP contribution in [0.25, 0.3) is 11.2 Å². The van der Waals surface area contributed by atoms with E-state index in [9.17, 15) is 4.79 Å². The zero-order valence-corrected chi connectivity index (χ0v) is 20.5. The maximum atomic E-state index is 11.8. The summed E-state index contributed by atoms with van der Waals surface area (Å²) >= 11 is 0. The number of rotatable bonds is 10. The second-order valence-corrected chi connectivity index (χ2v) is 13.9. The molecule has 0 amide bonds. The van der Waals surface area contributed by atoms with Crippen molar-refractivity contribution in [3.8, 4) is 0 Å². The predicted molar refractivity (Wildman–Crippen MR) is 128 cm³/mol. The number of carbonyl (C=O) groups excluding carboxylic acids is 1. The quantitative estimate of drug-likeness (QED) is 0.408. The number of carbonyl (C=O) groups is 1. The van der Waals surface area contributed by atoms with Gasteiger partial charge in [0.1, 0.15) is 12.2 Å². The van der Waals surface area contributed by atoms with Crippen LogP contribution in [0.4, 0.5) is 0 Å². The summed E-state index contributed by atoms with van der Waals surface area (Å²) in [5.74, 6) is 1.39. The summed E-state index contributed by atoms with van der Waals surface area (Å²) in [5.41, 5.74) is 3.93. The maximum Gasteiger partial charge on any atom is 0.306 e. The van der Waals surface area contributed by atoms with Crippen LogP contribution >= 0.6 is 10.0 Å². The van der Waals surface area contributed by atoms with Crippen molar-refractivity contribution in [2.24, 2.45) is 0 Å². The van der Waals surface area contributed by atoms with Gasteiger partial charge in [0.05, 0.1) is 31.5 Å². The van der Waals surface area contributed by atoms with Crippen molar-refractivity contribution < 1.29 is 14.3 Å². The Morgan fingerprint density at radius 1 is 1.26 bits per heavy atom. The van der Waals surface area contributed by atoms with Gasteiger partial charge in [-0.25, -0.2) is 20.0 Å². The normalized spacial score (nSPS) is 16.7. The molecule has 0 spiro atoms. The van der Waals surface area contributed by atoms with E-state index < -0.39 is 10.0 Å². The fourth-order valence-electron chi connectivity index (χ4n) is 3.89. The lowest BCUT2D eigenvalue weighted by Crippen LogP contribution is -2.29. The third-order valence-corrected chi connectivity index (χ3v) is 7.15. The minimum absolute atomic E-state index is 0.188. The Kier molecular flexibility index (Phi) is 8.36. The minimum Gasteiger partial charge on any atom is -0.466 e. The van der Waals surface area contributed by atoms with E-state index >= 15 is 0 Å². The van der Waals surface area contributed by atoms with Gasteiger partial charge in [0, 0.05) is 23.9 Å². The fraction of sp³-hybridized carbons (Fsp3) is 0.696. The van der Waals surface area contributed by atoms with E-state index in [2.05, 4.69) is 41.5 Å². The van der Waals surface area contributed by atoms with Crippen LogP contribution in [0.2, 0.25) is 0 Å².